The standard InChI is InChI=1S/C16H13BrO3/c1-20-13-7-8-15(17)12(9-13)10-14(16(18)19)11-5-3-2-4-6-11/h2-10H,1H3,(H,18,19)/b14-10+. The van der Waals surface area contributed by atoms with E-state index in [4.69, 9.17) is 4.74 Å². The highest BCUT2D eigenvalue weighted by molar-refractivity contribution is 9.10. The second-order valence-corrected chi connectivity index (χ2v) is 4.97. The molecule has 0 aromatic heterocycles. The van der Waals surface area contributed by atoms with Crippen LogP contribution < -0.4 is 4.74 Å². The number of hydrogen-bond acceptors (Lipinski definition) is 2. The third-order valence-corrected chi connectivity index (χ3v) is 3.54. The first-order chi connectivity index (χ1) is 9.61. The van der Waals surface area contributed by atoms with Crippen LogP contribution in [-0.2, 0) is 4.79 Å². The fourth-order valence-electron chi connectivity index (χ4n) is 1.80. The Bertz CT molecular complexity index is 648. The first-order valence-electron chi connectivity index (χ1n) is 5.96. The van der Waals surface area contributed by atoms with Crippen molar-refractivity contribution in [2.75, 3.05) is 7.11 Å². The Balaban J connectivity index is 2.52. The van der Waals surface area contributed by atoms with Crippen LogP contribution in [0.15, 0.2) is 53.0 Å². The van der Waals surface area contributed by atoms with Crippen molar-refractivity contribution in [3.8, 4) is 5.75 Å². The summed E-state index contributed by atoms with van der Waals surface area (Å²) in [5.41, 5.74) is 1.65. The molecule has 0 aliphatic carbocycles. The van der Waals surface area contributed by atoms with E-state index in [2.05, 4.69) is 15.9 Å². The second-order valence-electron chi connectivity index (χ2n) is 4.12. The second kappa shape index (κ2) is 6.39. The van der Waals surface area contributed by atoms with Crippen molar-refractivity contribution in [3.63, 3.8) is 0 Å². The first-order valence-corrected chi connectivity index (χ1v) is 6.75. The quantitative estimate of drug-likeness (QED) is 0.677. The van der Waals surface area contributed by atoms with Crippen LogP contribution in [0.5, 0.6) is 5.75 Å². The maximum absolute atomic E-state index is 11.5. The Morgan fingerprint density at radius 2 is 1.90 bits per heavy atom. The predicted molar refractivity (Wildman–Crippen MR) is 82.6 cm³/mol. The average molecular weight is 333 g/mol. The van der Waals surface area contributed by atoms with E-state index in [9.17, 15) is 9.90 Å². The molecule has 3 nitrogen and oxygen atoms in total. The monoisotopic (exact) mass is 332 g/mol. The minimum Gasteiger partial charge on any atom is -0.497 e. The number of halogens is 1. The topological polar surface area (TPSA) is 46.5 Å². The molecular weight excluding hydrogens is 320 g/mol. The van der Waals surface area contributed by atoms with E-state index >= 15 is 0 Å². The number of aliphatic carboxylic acids is 1. The van der Waals surface area contributed by atoms with Gasteiger partial charge in [0.15, 0.2) is 0 Å². The molecule has 2 aromatic rings. The van der Waals surface area contributed by atoms with E-state index in [1.807, 2.05) is 30.3 Å². The fraction of sp³-hybridized carbons (Fsp3) is 0.0625. The van der Waals surface area contributed by atoms with Crippen LogP contribution in [-0.4, -0.2) is 18.2 Å². The summed E-state index contributed by atoms with van der Waals surface area (Å²) in [6.45, 7) is 0. The average Bonchev–Trinajstić information content (AvgIpc) is 2.47. The van der Waals surface area contributed by atoms with Gasteiger partial charge in [-0.3, -0.25) is 0 Å². The predicted octanol–water partition coefficient (Wildman–Crippen LogP) is 4.08. The van der Waals surface area contributed by atoms with Gasteiger partial charge in [-0.2, -0.15) is 0 Å². The van der Waals surface area contributed by atoms with Crippen LogP contribution in [0.4, 0.5) is 0 Å². The molecule has 1 N–H and O–H groups in total. The zero-order chi connectivity index (χ0) is 14.5. The lowest BCUT2D eigenvalue weighted by molar-refractivity contribution is -0.130. The molecule has 2 aromatic carbocycles. The number of carboxylic acids is 1. The lowest BCUT2D eigenvalue weighted by Gasteiger charge is -2.06. The zero-order valence-electron chi connectivity index (χ0n) is 10.8. The molecule has 0 heterocycles. The van der Waals surface area contributed by atoms with Crippen LogP contribution in [0.25, 0.3) is 11.6 Å². The summed E-state index contributed by atoms with van der Waals surface area (Å²) in [7, 11) is 1.58. The van der Waals surface area contributed by atoms with Crippen LogP contribution in [0.2, 0.25) is 0 Å². The summed E-state index contributed by atoms with van der Waals surface area (Å²) in [5, 5.41) is 9.39. The molecule has 0 unspecified atom stereocenters. The molecule has 102 valence electrons. The molecule has 0 saturated carbocycles. The maximum Gasteiger partial charge on any atom is 0.336 e. The van der Waals surface area contributed by atoms with Crippen molar-refractivity contribution in [1.82, 2.24) is 0 Å². The molecule has 0 aliphatic heterocycles. The van der Waals surface area contributed by atoms with Crippen LogP contribution in [0.1, 0.15) is 11.1 Å². The summed E-state index contributed by atoms with van der Waals surface area (Å²) in [5.74, 6) is -0.289. The van der Waals surface area contributed by atoms with Crippen molar-refractivity contribution in [2.24, 2.45) is 0 Å². The van der Waals surface area contributed by atoms with E-state index in [0.717, 1.165) is 10.0 Å². The molecule has 0 radical (unpaired) electrons. The van der Waals surface area contributed by atoms with Gasteiger partial charge < -0.3 is 9.84 Å². The molecule has 0 spiro atoms. The number of benzene rings is 2. The molecule has 0 saturated heterocycles. The van der Waals surface area contributed by atoms with Gasteiger partial charge in [0, 0.05) is 4.47 Å². The van der Waals surface area contributed by atoms with Crippen LogP contribution >= 0.6 is 15.9 Å². The van der Waals surface area contributed by atoms with Gasteiger partial charge in [-0.25, -0.2) is 4.79 Å². The minimum absolute atomic E-state index is 0.236. The van der Waals surface area contributed by atoms with Crippen LogP contribution in [0.3, 0.4) is 0 Å². The normalized spacial score (nSPS) is 11.2. The maximum atomic E-state index is 11.5. The highest BCUT2D eigenvalue weighted by Gasteiger charge is 2.11. The van der Waals surface area contributed by atoms with Gasteiger partial charge in [-0.15, -0.1) is 0 Å². The number of rotatable bonds is 4. The van der Waals surface area contributed by atoms with Crippen molar-refractivity contribution < 1.29 is 14.6 Å². The molecule has 0 aliphatic rings. The van der Waals surface area contributed by atoms with Gasteiger partial charge in [0.25, 0.3) is 0 Å². The third-order valence-electron chi connectivity index (χ3n) is 2.82. The van der Waals surface area contributed by atoms with Crippen molar-refractivity contribution in [3.05, 3.63) is 64.1 Å². The Morgan fingerprint density at radius 1 is 1.20 bits per heavy atom. The summed E-state index contributed by atoms with van der Waals surface area (Å²) in [6.07, 6.45) is 1.63. The first kappa shape index (κ1) is 14.3. The largest absolute Gasteiger partial charge is 0.497 e. The number of methoxy groups -OCH3 is 1. The molecule has 2 rings (SSSR count). The Kier molecular flexibility index (Phi) is 4.58. The molecule has 0 fully saturated rings. The SMILES string of the molecule is COc1ccc(Br)c(/C=C(/C(=O)O)c2ccccc2)c1. The Hall–Kier alpha value is -2.07. The van der Waals surface area contributed by atoms with E-state index in [1.54, 1.807) is 31.4 Å². The number of hydrogen-bond donors (Lipinski definition) is 1. The molecule has 0 atom stereocenters. The summed E-state index contributed by atoms with van der Waals surface area (Å²) in [4.78, 5) is 11.5. The summed E-state index contributed by atoms with van der Waals surface area (Å²) >= 11 is 3.42. The van der Waals surface area contributed by atoms with Crippen molar-refractivity contribution >= 4 is 33.5 Å². The van der Waals surface area contributed by atoms with Crippen molar-refractivity contribution in [2.45, 2.75) is 0 Å². The number of carboxylic acid groups (broad SMARTS) is 1. The van der Waals surface area contributed by atoms with Crippen molar-refractivity contribution in [1.29, 1.82) is 0 Å². The van der Waals surface area contributed by atoms with E-state index in [1.165, 1.54) is 0 Å². The minimum atomic E-state index is -0.967. The highest BCUT2D eigenvalue weighted by atomic mass is 79.9. The lowest BCUT2D eigenvalue weighted by Crippen LogP contribution is -1.99. The Labute approximate surface area is 125 Å². The van der Waals surface area contributed by atoms with Gasteiger partial charge in [-0.1, -0.05) is 46.3 Å². The molecule has 0 bridgehead atoms. The fourth-order valence-corrected chi connectivity index (χ4v) is 2.16. The lowest BCUT2D eigenvalue weighted by atomic mass is 10.0. The third kappa shape index (κ3) is 3.27. The van der Waals surface area contributed by atoms with E-state index in [0.29, 0.717) is 11.3 Å². The van der Waals surface area contributed by atoms with E-state index < -0.39 is 5.97 Å². The van der Waals surface area contributed by atoms with Gasteiger partial charge in [0.1, 0.15) is 5.75 Å². The number of carbonyl (C=O) groups is 1. The number of ether oxygens (including phenoxy) is 1. The van der Waals surface area contributed by atoms with Gasteiger partial charge in [0.05, 0.1) is 12.7 Å². The Morgan fingerprint density at radius 3 is 2.50 bits per heavy atom. The smallest absolute Gasteiger partial charge is 0.336 e. The van der Waals surface area contributed by atoms with E-state index in [-0.39, 0.29) is 5.57 Å². The van der Waals surface area contributed by atoms with Crippen LogP contribution in [0, 0.1) is 0 Å². The molecule has 20 heavy (non-hydrogen) atoms. The highest BCUT2D eigenvalue weighted by Crippen LogP contribution is 2.27. The van der Waals surface area contributed by atoms with Gasteiger partial charge in [0.2, 0.25) is 0 Å². The molecular formula is C16H13BrO3. The summed E-state index contributed by atoms with van der Waals surface area (Å²) < 4.78 is 5.97. The van der Waals surface area contributed by atoms with Gasteiger partial charge in [-0.05, 0) is 35.4 Å². The molecule has 0 amide bonds. The van der Waals surface area contributed by atoms with Gasteiger partial charge >= 0.3 is 5.97 Å². The molecule has 4 heteroatoms. The summed E-state index contributed by atoms with van der Waals surface area (Å²) in [6, 6.07) is 14.4. The zero-order valence-corrected chi connectivity index (χ0v) is 12.4.